The smallest absolute Gasteiger partial charge is 0.338 e. The average Bonchev–Trinajstić information content (AvgIpc) is 3.23. The molecule has 2 aromatic carbocycles. The van der Waals surface area contributed by atoms with Gasteiger partial charge < -0.3 is 20.3 Å². The molecule has 0 amide bonds. The molecule has 2 aromatic rings. The number of carbonyl (C=O) groups excluding carboxylic acids is 1. The lowest BCUT2D eigenvalue weighted by Gasteiger charge is -2.20. The molecular weight excluding hydrogens is 370 g/mol. The van der Waals surface area contributed by atoms with Crippen LogP contribution in [0.1, 0.15) is 48.7 Å². The van der Waals surface area contributed by atoms with Crippen molar-refractivity contribution in [2.24, 2.45) is 0 Å². The van der Waals surface area contributed by atoms with E-state index in [0.29, 0.717) is 17.3 Å². The van der Waals surface area contributed by atoms with E-state index in [9.17, 15) is 4.79 Å². The van der Waals surface area contributed by atoms with Crippen LogP contribution in [0.2, 0.25) is 0 Å². The van der Waals surface area contributed by atoms with Crippen molar-refractivity contribution in [3.05, 3.63) is 59.7 Å². The van der Waals surface area contributed by atoms with Crippen molar-refractivity contribution in [1.82, 2.24) is 5.32 Å². The molecule has 1 atom stereocenters. The largest absolute Gasteiger partial charge is 0.462 e. The van der Waals surface area contributed by atoms with E-state index in [1.807, 2.05) is 6.07 Å². The Kier molecular flexibility index (Phi) is 6.87. The van der Waals surface area contributed by atoms with Crippen molar-refractivity contribution in [3.8, 4) is 0 Å². The number of nitrogens with one attached hydrogen (secondary N) is 2. The molecule has 6 heteroatoms. The van der Waals surface area contributed by atoms with Crippen molar-refractivity contribution in [2.75, 3.05) is 29.9 Å². The molecule has 1 aliphatic heterocycles. The van der Waals surface area contributed by atoms with E-state index in [1.54, 1.807) is 25.1 Å². The lowest BCUT2D eigenvalue weighted by Crippen LogP contribution is -2.31. The summed E-state index contributed by atoms with van der Waals surface area (Å²) in [6.45, 7) is 6.51. The van der Waals surface area contributed by atoms with Gasteiger partial charge in [-0.1, -0.05) is 18.2 Å². The maximum Gasteiger partial charge on any atom is 0.338 e. The fraction of sp³-hybridized carbons (Fsp3) is 0.364. The van der Waals surface area contributed by atoms with Gasteiger partial charge in [0.25, 0.3) is 0 Å². The van der Waals surface area contributed by atoms with Gasteiger partial charge in [-0.15, -0.1) is 0 Å². The molecule has 0 radical (unpaired) electrons. The number of esters is 1. The first-order valence-electron chi connectivity index (χ1n) is 9.76. The van der Waals surface area contributed by atoms with Crippen LogP contribution >= 0.6 is 12.2 Å². The van der Waals surface area contributed by atoms with Crippen LogP contribution in [0.4, 0.5) is 11.4 Å². The fourth-order valence-corrected chi connectivity index (χ4v) is 3.63. The molecule has 1 aliphatic rings. The molecule has 2 N–H and O–H groups in total. The normalized spacial score (nSPS) is 14.4. The van der Waals surface area contributed by atoms with Gasteiger partial charge in [0.05, 0.1) is 18.2 Å². The summed E-state index contributed by atoms with van der Waals surface area (Å²) in [4.78, 5) is 14.3. The van der Waals surface area contributed by atoms with Crippen molar-refractivity contribution in [2.45, 2.75) is 32.7 Å². The predicted octanol–water partition coefficient (Wildman–Crippen LogP) is 4.51. The van der Waals surface area contributed by atoms with Crippen LogP contribution < -0.4 is 15.5 Å². The summed E-state index contributed by atoms with van der Waals surface area (Å²) in [6, 6.07) is 15.9. The van der Waals surface area contributed by atoms with E-state index >= 15 is 0 Å². The molecular formula is C22H27N3O2S. The molecule has 1 fully saturated rings. The molecule has 148 valence electrons. The third-order valence-corrected chi connectivity index (χ3v) is 5.06. The number of thiocarbonyl (C=S) groups is 1. The summed E-state index contributed by atoms with van der Waals surface area (Å²) in [5, 5.41) is 6.95. The highest BCUT2D eigenvalue weighted by molar-refractivity contribution is 7.80. The lowest BCUT2D eigenvalue weighted by molar-refractivity contribution is 0.0526. The maximum absolute atomic E-state index is 11.9. The minimum Gasteiger partial charge on any atom is -0.462 e. The van der Waals surface area contributed by atoms with Gasteiger partial charge in [0.15, 0.2) is 5.11 Å². The van der Waals surface area contributed by atoms with Gasteiger partial charge >= 0.3 is 5.97 Å². The second-order valence-corrected chi connectivity index (χ2v) is 7.32. The number of hydrogen-bond acceptors (Lipinski definition) is 4. The highest BCUT2D eigenvalue weighted by atomic mass is 32.1. The molecule has 0 aromatic heterocycles. The Bertz CT molecular complexity index is 817. The maximum atomic E-state index is 11.9. The summed E-state index contributed by atoms with van der Waals surface area (Å²) >= 11 is 5.44. The van der Waals surface area contributed by atoms with Gasteiger partial charge in [-0.3, -0.25) is 0 Å². The van der Waals surface area contributed by atoms with E-state index in [2.05, 4.69) is 46.7 Å². The van der Waals surface area contributed by atoms with Gasteiger partial charge in [-0.25, -0.2) is 4.79 Å². The van der Waals surface area contributed by atoms with Crippen molar-refractivity contribution < 1.29 is 9.53 Å². The number of nitrogens with zero attached hydrogens (tertiary/aromatic N) is 1. The first-order chi connectivity index (χ1) is 13.6. The van der Waals surface area contributed by atoms with Gasteiger partial charge in [0.2, 0.25) is 0 Å². The van der Waals surface area contributed by atoms with E-state index < -0.39 is 0 Å². The van der Waals surface area contributed by atoms with E-state index in [0.717, 1.165) is 18.8 Å². The first kappa shape index (κ1) is 20.1. The van der Waals surface area contributed by atoms with Gasteiger partial charge in [0, 0.05) is 24.5 Å². The van der Waals surface area contributed by atoms with Crippen LogP contribution in [0.15, 0.2) is 48.5 Å². The van der Waals surface area contributed by atoms with Crippen LogP contribution in [0.25, 0.3) is 0 Å². The minimum absolute atomic E-state index is 0.0702. The highest BCUT2D eigenvalue weighted by Gasteiger charge is 2.13. The minimum atomic E-state index is -0.337. The topological polar surface area (TPSA) is 53.6 Å². The number of carbonyl (C=O) groups is 1. The molecule has 5 nitrogen and oxygen atoms in total. The van der Waals surface area contributed by atoms with Crippen molar-refractivity contribution in [1.29, 1.82) is 0 Å². The lowest BCUT2D eigenvalue weighted by atomic mass is 10.1. The fourth-order valence-electron chi connectivity index (χ4n) is 3.33. The zero-order chi connectivity index (χ0) is 19.9. The molecule has 0 unspecified atom stereocenters. The Morgan fingerprint density at radius 2 is 1.89 bits per heavy atom. The van der Waals surface area contributed by atoms with Crippen LogP contribution in [0.3, 0.4) is 0 Å². The quantitative estimate of drug-likeness (QED) is 0.552. The third-order valence-electron chi connectivity index (χ3n) is 4.84. The summed E-state index contributed by atoms with van der Waals surface area (Å²) in [7, 11) is 0. The van der Waals surface area contributed by atoms with Crippen molar-refractivity contribution in [3.63, 3.8) is 0 Å². The Morgan fingerprint density at radius 1 is 1.18 bits per heavy atom. The monoisotopic (exact) mass is 397 g/mol. The van der Waals surface area contributed by atoms with E-state index in [4.69, 9.17) is 17.0 Å². The molecule has 0 aliphatic carbocycles. The molecule has 0 spiro atoms. The molecule has 28 heavy (non-hydrogen) atoms. The second-order valence-electron chi connectivity index (χ2n) is 6.91. The van der Waals surface area contributed by atoms with Crippen molar-refractivity contribution >= 4 is 34.7 Å². The Labute approximate surface area is 172 Å². The Morgan fingerprint density at radius 3 is 2.57 bits per heavy atom. The summed E-state index contributed by atoms with van der Waals surface area (Å²) in [5.41, 5.74) is 3.71. The van der Waals surface area contributed by atoms with Gasteiger partial charge in [-0.2, -0.15) is 0 Å². The molecule has 0 saturated carbocycles. The number of ether oxygens (including phenoxy) is 1. The Balaban J connectivity index is 1.57. The predicted molar refractivity (Wildman–Crippen MR) is 118 cm³/mol. The van der Waals surface area contributed by atoms with Gasteiger partial charge in [0.1, 0.15) is 0 Å². The van der Waals surface area contributed by atoms with Crippen LogP contribution in [-0.4, -0.2) is 30.8 Å². The zero-order valence-corrected chi connectivity index (χ0v) is 17.2. The first-order valence-corrected chi connectivity index (χ1v) is 10.2. The number of hydrogen-bond donors (Lipinski definition) is 2. The standard InChI is InChI=1S/C22H27N3O2S/c1-3-27-21(26)18-7-6-8-19(15-18)24-22(28)23-16(2)17-9-11-20(12-10-17)25-13-4-5-14-25/h6-12,15-16H,3-5,13-14H2,1-2H3,(H2,23,24,28)/t16-/m0/s1. The number of rotatable bonds is 6. The van der Waals surface area contributed by atoms with Crippen LogP contribution in [0.5, 0.6) is 0 Å². The summed E-state index contributed by atoms with van der Waals surface area (Å²) < 4.78 is 5.04. The summed E-state index contributed by atoms with van der Waals surface area (Å²) in [5.74, 6) is -0.337. The molecule has 1 heterocycles. The summed E-state index contributed by atoms with van der Waals surface area (Å²) in [6.07, 6.45) is 2.55. The van der Waals surface area contributed by atoms with E-state index in [-0.39, 0.29) is 12.0 Å². The Hall–Kier alpha value is -2.60. The van der Waals surface area contributed by atoms with Crippen LogP contribution in [0, 0.1) is 0 Å². The third kappa shape index (κ3) is 5.23. The highest BCUT2D eigenvalue weighted by Crippen LogP contribution is 2.22. The molecule has 0 bridgehead atoms. The average molecular weight is 398 g/mol. The van der Waals surface area contributed by atoms with Crippen LogP contribution in [-0.2, 0) is 4.74 Å². The second kappa shape index (κ2) is 9.55. The number of anilines is 2. The molecule has 3 rings (SSSR count). The van der Waals surface area contributed by atoms with E-state index in [1.165, 1.54) is 24.1 Å². The zero-order valence-electron chi connectivity index (χ0n) is 16.4. The number of benzene rings is 2. The SMILES string of the molecule is CCOC(=O)c1cccc(NC(=S)N[C@@H](C)c2ccc(N3CCCC3)cc2)c1. The molecule has 1 saturated heterocycles. The van der Waals surface area contributed by atoms with Gasteiger partial charge in [-0.05, 0) is 74.8 Å².